The number of rotatable bonds is 7. The Morgan fingerprint density at radius 2 is 1.83 bits per heavy atom. The lowest BCUT2D eigenvalue weighted by Gasteiger charge is -2.21. The van der Waals surface area contributed by atoms with Gasteiger partial charge in [0.25, 0.3) is 11.8 Å². The quantitative estimate of drug-likeness (QED) is 0.728. The molecule has 0 fully saturated rings. The van der Waals surface area contributed by atoms with Crippen LogP contribution in [0.5, 0.6) is 0 Å². The third-order valence-corrected chi connectivity index (χ3v) is 3.71. The molecule has 1 aromatic carbocycles. The first-order valence-corrected chi connectivity index (χ1v) is 7.88. The fraction of sp³-hybridized carbons (Fsp3) is 0.333. The van der Waals surface area contributed by atoms with E-state index in [1.807, 2.05) is 13.8 Å². The van der Waals surface area contributed by atoms with Crippen LogP contribution in [-0.4, -0.2) is 29.6 Å². The SMILES string of the molecule is CC(C)C(CCO)NC(=O)c1ccc(NC(=O)c2ccco2)cc1. The lowest BCUT2D eigenvalue weighted by Crippen LogP contribution is -2.39. The summed E-state index contributed by atoms with van der Waals surface area (Å²) >= 11 is 0. The lowest BCUT2D eigenvalue weighted by molar-refractivity contribution is 0.0916. The van der Waals surface area contributed by atoms with Crippen molar-refractivity contribution < 1.29 is 19.1 Å². The van der Waals surface area contributed by atoms with Crippen molar-refractivity contribution in [2.24, 2.45) is 5.92 Å². The van der Waals surface area contributed by atoms with E-state index in [0.717, 1.165) is 0 Å². The zero-order valence-electron chi connectivity index (χ0n) is 13.8. The van der Waals surface area contributed by atoms with Crippen molar-refractivity contribution in [1.82, 2.24) is 5.32 Å². The van der Waals surface area contributed by atoms with Crippen LogP contribution in [0, 0.1) is 5.92 Å². The predicted molar refractivity (Wildman–Crippen MR) is 90.9 cm³/mol. The minimum Gasteiger partial charge on any atom is -0.459 e. The second-order valence-corrected chi connectivity index (χ2v) is 5.85. The van der Waals surface area contributed by atoms with Gasteiger partial charge >= 0.3 is 0 Å². The lowest BCUT2D eigenvalue weighted by atomic mass is 10.0. The monoisotopic (exact) mass is 330 g/mol. The highest BCUT2D eigenvalue weighted by molar-refractivity contribution is 6.02. The van der Waals surface area contributed by atoms with Crippen molar-refractivity contribution >= 4 is 17.5 Å². The molecule has 2 aromatic rings. The van der Waals surface area contributed by atoms with Gasteiger partial charge in [-0.25, -0.2) is 0 Å². The zero-order chi connectivity index (χ0) is 17.5. The molecule has 1 unspecified atom stereocenters. The highest BCUT2D eigenvalue weighted by Crippen LogP contribution is 2.13. The number of hydrogen-bond acceptors (Lipinski definition) is 4. The van der Waals surface area contributed by atoms with Crippen molar-refractivity contribution in [3.8, 4) is 0 Å². The van der Waals surface area contributed by atoms with E-state index in [-0.39, 0.29) is 36.1 Å². The molecule has 1 atom stereocenters. The van der Waals surface area contributed by atoms with E-state index in [9.17, 15) is 9.59 Å². The molecule has 6 heteroatoms. The van der Waals surface area contributed by atoms with Crippen LogP contribution >= 0.6 is 0 Å². The number of hydrogen-bond donors (Lipinski definition) is 3. The van der Waals surface area contributed by atoms with Gasteiger partial charge in [0.05, 0.1) is 6.26 Å². The van der Waals surface area contributed by atoms with Gasteiger partial charge in [-0.05, 0) is 48.7 Å². The third-order valence-electron chi connectivity index (χ3n) is 3.71. The molecule has 2 rings (SSSR count). The van der Waals surface area contributed by atoms with Gasteiger partial charge in [0.2, 0.25) is 0 Å². The highest BCUT2D eigenvalue weighted by Gasteiger charge is 2.17. The summed E-state index contributed by atoms with van der Waals surface area (Å²) in [5.74, 6) is -0.0976. The second kappa shape index (κ2) is 8.31. The van der Waals surface area contributed by atoms with Gasteiger partial charge in [-0.3, -0.25) is 9.59 Å². The Kier molecular flexibility index (Phi) is 6.14. The van der Waals surface area contributed by atoms with Crippen LogP contribution in [-0.2, 0) is 0 Å². The Morgan fingerprint density at radius 1 is 1.12 bits per heavy atom. The molecule has 0 aliphatic heterocycles. The number of benzene rings is 1. The number of carbonyl (C=O) groups excluding carboxylic acids is 2. The Hall–Kier alpha value is -2.60. The summed E-state index contributed by atoms with van der Waals surface area (Å²) in [5, 5.41) is 14.7. The standard InChI is InChI=1S/C18H22N2O4/c1-12(2)15(9-10-21)20-17(22)13-5-7-14(8-6-13)19-18(23)16-4-3-11-24-16/h3-8,11-12,15,21H,9-10H2,1-2H3,(H,19,23)(H,20,22). The highest BCUT2D eigenvalue weighted by atomic mass is 16.3. The van der Waals surface area contributed by atoms with Crippen molar-refractivity contribution in [1.29, 1.82) is 0 Å². The van der Waals surface area contributed by atoms with Crippen LogP contribution in [0.4, 0.5) is 5.69 Å². The van der Waals surface area contributed by atoms with E-state index in [2.05, 4.69) is 10.6 Å². The summed E-state index contributed by atoms with van der Waals surface area (Å²) in [6.07, 6.45) is 1.95. The van der Waals surface area contributed by atoms with Crippen LogP contribution in [0.3, 0.4) is 0 Å². The molecule has 0 radical (unpaired) electrons. The molecule has 2 amide bonds. The molecule has 1 heterocycles. The smallest absolute Gasteiger partial charge is 0.291 e. The number of anilines is 1. The van der Waals surface area contributed by atoms with E-state index in [1.165, 1.54) is 6.26 Å². The molecule has 0 spiro atoms. The van der Waals surface area contributed by atoms with Crippen LogP contribution in [0.15, 0.2) is 47.1 Å². The molecule has 24 heavy (non-hydrogen) atoms. The molecule has 6 nitrogen and oxygen atoms in total. The van der Waals surface area contributed by atoms with E-state index in [1.54, 1.807) is 36.4 Å². The summed E-state index contributed by atoms with van der Waals surface area (Å²) in [7, 11) is 0. The molecule has 0 saturated heterocycles. The summed E-state index contributed by atoms with van der Waals surface area (Å²) in [6, 6.07) is 9.73. The summed E-state index contributed by atoms with van der Waals surface area (Å²) in [4.78, 5) is 24.1. The maximum atomic E-state index is 12.3. The zero-order valence-corrected chi connectivity index (χ0v) is 13.8. The Bertz CT molecular complexity index is 663. The number of aliphatic hydroxyl groups is 1. The Labute approximate surface area is 140 Å². The number of amides is 2. The molecule has 128 valence electrons. The molecule has 0 bridgehead atoms. The van der Waals surface area contributed by atoms with Gasteiger partial charge in [0, 0.05) is 23.9 Å². The molecular formula is C18H22N2O4. The van der Waals surface area contributed by atoms with Crippen LogP contribution in [0.1, 0.15) is 41.2 Å². The van der Waals surface area contributed by atoms with Gasteiger partial charge in [-0.1, -0.05) is 13.8 Å². The molecular weight excluding hydrogens is 308 g/mol. The normalized spacial score (nSPS) is 12.0. The number of nitrogens with one attached hydrogen (secondary N) is 2. The first-order valence-electron chi connectivity index (χ1n) is 7.88. The second-order valence-electron chi connectivity index (χ2n) is 5.85. The van der Waals surface area contributed by atoms with Gasteiger partial charge in [-0.2, -0.15) is 0 Å². The number of carbonyl (C=O) groups is 2. The van der Waals surface area contributed by atoms with Gasteiger partial charge in [0.1, 0.15) is 0 Å². The topological polar surface area (TPSA) is 91.6 Å². The van der Waals surface area contributed by atoms with Crippen molar-refractivity contribution in [3.63, 3.8) is 0 Å². The first-order chi connectivity index (χ1) is 11.5. The molecule has 0 aliphatic carbocycles. The van der Waals surface area contributed by atoms with E-state index < -0.39 is 0 Å². The van der Waals surface area contributed by atoms with Crippen molar-refractivity contribution in [2.45, 2.75) is 26.3 Å². The number of furan rings is 1. The molecule has 3 N–H and O–H groups in total. The Balaban J connectivity index is 1.98. The van der Waals surface area contributed by atoms with Crippen LogP contribution in [0.2, 0.25) is 0 Å². The van der Waals surface area contributed by atoms with E-state index in [0.29, 0.717) is 17.7 Å². The summed E-state index contributed by atoms with van der Waals surface area (Å²) in [6.45, 7) is 4.02. The van der Waals surface area contributed by atoms with Crippen LogP contribution in [0.25, 0.3) is 0 Å². The first kappa shape index (κ1) is 17.7. The maximum absolute atomic E-state index is 12.3. The van der Waals surface area contributed by atoms with Crippen LogP contribution < -0.4 is 10.6 Å². The fourth-order valence-corrected chi connectivity index (χ4v) is 2.27. The minimum absolute atomic E-state index is 0.0286. The average Bonchev–Trinajstić information content (AvgIpc) is 3.09. The molecule has 0 aliphatic rings. The average molecular weight is 330 g/mol. The minimum atomic E-state index is -0.347. The fourth-order valence-electron chi connectivity index (χ4n) is 2.27. The van der Waals surface area contributed by atoms with E-state index >= 15 is 0 Å². The van der Waals surface area contributed by atoms with E-state index in [4.69, 9.17) is 9.52 Å². The number of aliphatic hydroxyl groups excluding tert-OH is 1. The van der Waals surface area contributed by atoms with Gasteiger partial charge in [-0.15, -0.1) is 0 Å². The summed E-state index contributed by atoms with van der Waals surface area (Å²) < 4.78 is 5.02. The largest absolute Gasteiger partial charge is 0.459 e. The third kappa shape index (κ3) is 4.70. The molecule has 1 aromatic heterocycles. The van der Waals surface area contributed by atoms with Crippen molar-refractivity contribution in [2.75, 3.05) is 11.9 Å². The molecule has 0 saturated carbocycles. The maximum Gasteiger partial charge on any atom is 0.291 e. The predicted octanol–water partition coefficient (Wildman–Crippen LogP) is 2.67. The summed E-state index contributed by atoms with van der Waals surface area (Å²) in [5.41, 5.74) is 1.07. The Morgan fingerprint density at radius 3 is 2.38 bits per heavy atom. The van der Waals surface area contributed by atoms with Crippen molar-refractivity contribution in [3.05, 3.63) is 54.0 Å². The van der Waals surface area contributed by atoms with Gasteiger partial charge in [0.15, 0.2) is 5.76 Å². The van der Waals surface area contributed by atoms with Gasteiger partial charge < -0.3 is 20.2 Å².